The molecule has 24 heavy (non-hydrogen) atoms. The van der Waals surface area contributed by atoms with Gasteiger partial charge in [-0.1, -0.05) is 25.5 Å². The highest BCUT2D eigenvalue weighted by Crippen LogP contribution is 2.68. The zero-order valence-electron chi connectivity index (χ0n) is 15.7. The predicted molar refractivity (Wildman–Crippen MR) is 94.3 cm³/mol. The quantitative estimate of drug-likeness (QED) is 0.595. The molecule has 3 nitrogen and oxygen atoms in total. The van der Waals surface area contributed by atoms with E-state index in [1.165, 1.54) is 5.57 Å². The topological polar surface area (TPSA) is 60.7 Å². The van der Waals surface area contributed by atoms with Crippen molar-refractivity contribution in [2.24, 2.45) is 28.6 Å². The molecule has 0 aromatic heterocycles. The Hall–Kier alpha value is -0.380. The zero-order chi connectivity index (χ0) is 17.5. The van der Waals surface area contributed by atoms with Crippen LogP contribution in [-0.4, -0.2) is 32.6 Å². The molecular weight excluding hydrogens is 300 g/mol. The molecular formula is C21H34O3. The minimum atomic E-state index is -0.830. The molecule has 8 atom stereocenters. The van der Waals surface area contributed by atoms with Crippen molar-refractivity contribution in [1.82, 2.24) is 0 Å². The molecule has 3 fully saturated rings. The molecule has 0 amide bonds. The average Bonchev–Trinajstić information content (AvgIpc) is 2.71. The first-order valence-corrected chi connectivity index (χ1v) is 9.86. The minimum absolute atomic E-state index is 0.0892. The molecule has 0 spiro atoms. The number of hydrogen-bond donors (Lipinski definition) is 3. The van der Waals surface area contributed by atoms with Crippen LogP contribution in [0.3, 0.4) is 0 Å². The Labute approximate surface area is 146 Å². The van der Waals surface area contributed by atoms with Gasteiger partial charge in [-0.2, -0.15) is 0 Å². The number of aliphatic hydroxyl groups is 3. The second-order valence-electron chi connectivity index (χ2n) is 10.2. The first kappa shape index (κ1) is 17.1. The van der Waals surface area contributed by atoms with Crippen molar-refractivity contribution < 1.29 is 15.3 Å². The summed E-state index contributed by atoms with van der Waals surface area (Å²) in [7, 11) is 0. The van der Waals surface area contributed by atoms with E-state index < -0.39 is 11.2 Å². The molecule has 3 saturated carbocycles. The molecule has 4 aliphatic rings. The first-order valence-electron chi connectivity index (χ1n) is 9.86. The summed E-state index contributed by atoms with van der Waals surface area (Å²) in [6.45, 7) is 8.60. The SMILES string of the molecule is CC1(O)C=C2C[C@@H](O)CC[C@]2(C)[C@H]2CC[C@@]3(C)[C@@H](CC[C@]3(C)O)[C@@H]21. The Kier molecular flexibility index (Phi) is 3.46. The summed E-state index contributed by atoms with van der Waals surface area (Å²) < 4.78 is 0. The summed E-state index contributed by atoms with van der Waals surface area (Å²) in [4.78, 5) is 0. The first-order chi connectivity index (χ1) is 11.0. The summed E-state index contributed by atoms with van der Waals surface area (Å²) in [6.07, 6.45) is 8.45. The zero-order valence-corrected chi connectivity index (χ0v) is 15.7. The molecule has 0 radical (unpaired) electrons. The van der Waals surface area contributed by atoms with E-state index in [0.29, 0.717) is 11.8 Å². The van der Waals surface area contributed by atoms with Crippen molar-refractivity contribution in [3.63, 3.8) is 0 Å². The maximum atomic E-state index is 11.4. The molecule has 0 heterocycles. The van der Waals surface area contributed by atoms with Crippen LogP contribution in [-0.2, 0) is 0 Å². The lowest BCUT2D eigenvalue weighted by atomic mass is 9.44. The van der Waals surface area contributed by atoms with Crippen LogP contribution < -0.4 is 0 Å². The van der Waals surface area contributed by atoms with E-state index in [0.717, 1.165) is 44.9 Å². The van der Waals surface area contributed by atoms with Crippen LogP contribution in [0.4, 0.5) is 0 Å². The maximum absolute atomic E-state index is 11.4. The standard InChI is InChI=1S/C21H34O3/c1-18-8-5-14(22)11-13(18)12-20(3,23)17-15(18)6-9-19(2)16(17)7-10-21(19,4)24/h12,14-17,22-24H,5-11H2,1-4H3/t14-,15-,16-,17+,18-,19-,20?,21-/m0/s1. The molecule has 0 saturated heterocycles. The third-order valence-electron chi connectivity index (χ3n) is 8.98. The van der Waals surface area contributed by atoms with Gasteiger partial charge < -0.3 is 15.3 Å². The second-order valence-corrected chi connectivity index (χ2v) is 10.2. The Bertz CT molecular complexity index is 578. The Morgan fingerprint density at radius 1 is 0.917 bits per heavy atom. The fourth-order valence-electron chi connectivity index (χ4n) is 7.23. The smallest absolute Gasteiger partial charge is 0.0836 e. The van der Waals surface area contributed by atoms with E-state index in [1.807, 2.05) is 13.8 Å². The lowest BCUT2D eigenvalue weighted by molar-refractivity contribution is -0.159. The number of rotatable bonds is 0. The van der Waals surface area contributed by atoms with Crippen LogP contribution in [0.5, 0.6) is 0 Å². The van der Waals surface area contributed by atoms with E-state index in [-0.39, 0.29) is 22.9 Å². The number of aliphatic hydroxyl groups excluding tert-OH is 1. The van der Waals surface area contributed by atoms with Gasteiger partial charge in [0.25, 0.3) is 0 Å². The van der Waals surface area contributed by atoms with Gasteiger partial charge >= 0.3 is 0 Å². The van der Waals surface area contributed by atoms with Gasteiger partial charge in [-0.05, 0) is 87.4 Å². The predicted octanol–water partition coefficient (Wildman–Crippen LogP) is 3.42. The van der Waals surface area contributed by atoms with Crippen molar-refractivity contribution in [1.29, 1.82) is 0 Å². The minimum Gasteiger partial charge on any atom is -0.393 e. The van der Waals surface area contributed by atoms with Crippen LogP contribution in [0.25, 0.3) is 0 Å². The summed E-state index contributed by atoms with van der Waals surface area (Å²) in [5, 5.41) is 32.5. The van der Waals surface area contributed by atoms with Gasteiger partial charge in [0.2, 0.25) is 0 Å². The average molecular weight is 335 g/mol. The van der Waals surface area contributed by atoms with Gasteiger partial charge in [0, 0.05) is 0 Å². The number of hydrogen-bond acceptors (Lipinski definition) is 3. The molecule has 4 aliphatic carbocycles. The largest absolute Gasteiger partial charge is 0.393 e. The fraction of sp³-hybridized carbons (Fsp3) is 0.905. The highest BCUT2D eigenvalue weighted by Gasteiger charge is 2.65. The molecule has 0 bridgehead atoms. The van der Waals surface area contributed by atoms with Crippen LogP contribution in [0.2, 0.25) is 0 Å². The van der Waals surface area contributed by atoms with E-state index in [4.69, 9.17) is 0 Å². The molecule has 136 valence electrons. The summed E-state index contributed by atoms with van der Waals surface area (Å²) in [5.41, 5.74) is -0.146. The lowest BCUT2D eigenvalue weighted by Gasteiger charge is -2.62. The maximum Gasteiger partial charge on any atom is 0.0836 e. The highest BCUT2D eigenvalue weighted by atomic mass is 16.3. The Morgan fingerprint density at radius 3 is 2.29 bits per heavy atom. The molecule has 4 rings (SSSR count). The van der Waals surface area contributed by atoms with Crippen molar-refractivity contribution in [3.8, 4) is 0 Å². The highest BCUT2D eigenvalue weighted by molar-refractivity contribution is 5.31. The molecule has 0 aliphatic heterocycles. The van der Waals surface area contributed by atoms with Crippen molar-refractivity contribution >= 4 is 0 Å². The van der Waals surface area contributed by atoms with Gasteiger partial charge in [0.1, 0.15) is 0 Å². The van der Waals surface area contributed by atoms with E-state index >= 15 is 0 Å². The van der Waals surface area contributed by atoms with Crippen LogP contribution >= 0.6 is 0 Å². The third-order valence-corrected chi connectivity index (χ3v) is 8.98. The normalized spacial score (nSPS) is 60.0. The van der Waals surface area contributed by atoms with Crippen LogP contribution in [0.1, 0.15) is 72.6 Å². The molecule has 3 heteroatoms. The fourth-order valence-corrected chi connectivity index (χ4v) is 7.23. The van der Waals surface area contributed by atoms with Crippen molar-refractivity contribution in [2.45, 2.75) is 89.9 Å². The Morgan fingerprint density at radius 2 is 1.58 bits per heavy atom. The summed E-state index contributed by atoms with van der Waals surface area (Å²) in [5.74, 6) is 1.06. The molecule has 0 aromatic rings. The van der Waals surface area contributed by atoms with E-state index in [1.54, 1.807) is 0 Å². The summed E-state index contributed by atoms with van der Waals surface area (Å²) in [6, 6.07) is 0. The van der Waals surface area contributed by atoms with Gasteiger partial charge in [-0.3, -0.25) is 0 Å². The number of fused-ring (bicyclic) bond motifs is 5. The van der Waals surface area contributed by atoms with Crippen LogP contribution in [0.15, 0.2) is 11.6 Å². The monoisotopic (exact) mass is 334 g/mol. The van der Waals surface area contributed by atoms with Crippen molar-refractivity contribution in [3.05, 3.63) is 11.6 Å². The van der Waals surface area contributed by atoms with Crippen LogP contribution in [0, 0.1) is 28.6 Å². The lowest BCUT2D eigenvalue weighted by Crippen LogP contribution is -2.60. The molecule has 0 aromatic carbocycles. The van der Waals surface area contributed by atoms with Gasteiger partial charge in [0.05, 0.1) is 17.3 Å². The molecule has 1 unspecified atom stereocenters. The summed E-state index contributed by atoms with van der Waals surface area (Å²) >= 11 is 0. The third kappa shape index (κ3) is 2.01. The molecule has 3 N–H and O–H groups in total. The van der Waals surface area contributed by atoms with Crippen molar-refractivity contribution in [2.75, 3.05) is 0 Å². The van der Waals surface area contributed by atoms with Gasteiger partial charge in [0.15, 0.2) is 0 Å². The Balaban J connectivity index is 1.80. The van der Waals surface area contributed by atoms with Gasteiger partial charge in [-0.25, -0.2) is 0 Å². The van der Waals surface area contributed by atoms with E-state index in [9.17, 15) is 15.3 Å². The van der Waals surface area contributed by atoms with Gasteiger partial charge in [-0.15, -0.1) is 0 Å². The second kappa shape index (κ2) is 4.86. The van der Waals surface area contributed by atoms with E-state index in [2.05, 4.69) is 19.9 Å².